The third-order valence-corrected chi connectivity index (χ3v) is 3.29. The molecule has 1 aromatic rings. The normalized spacial score (nSPS) is 11.4. The maximum Gasteiger partial charge on any atom is 0.251 e. The highest BCUT2D eigenvalue weighted by molar-refractivity contribution is 5.94. The van der Waals surface area contributed by atoms with Crippen LogP contribution in [0.2, 0.25) is 0 Å². The van der Waals surface area contributed by atoms with E-state index in [9.17, 15) is 4.79 Å². The van der Waals surface area contributed by atoms with Crippen molar-refractivity contribution in [2.75, 3.05) is 26.2 Å². The predicted molar refractivity (Wildman–Crippen MR) is 96.8 cm³/mol. The van der Waals surface area contributed by atoms with Crippen molar-refractivity contribution < 1.29 is 4.79 Å². The predicted octanol–water partition coefficient (Wildman–Crippen LogP) is 2.41. The van der Waals surface area contributed by atoms with Gasteiger partial charge in [0.05, 0.1) is 0 Å². The lowest BCUT2D eigenvalue weighted by molar-refractivity contribution is 0.0954. The molecular weight excluding hydrogens is 288 g/mol. The molecule has 23 heavy (non-hydrogen) atoms. The van der Waals surface area contributed by atoms with Crippen molar-refractivity contribution in [2.24, 2.45) is 10.9 Å². The number of hydrogen-bond acceptors (Lipinski definition) is 2. The molecule has 5 nitrogen and oxygen atoms in total. The van der Waals surface area contributed by atoms with Gasteiger partial charge in [0.15, 0.2) is 5.96 Å². The largest absolute Gasteiger partial charge is 0.357 e. The minimum atomic E-state index is -0.0497. The van der Waals surface area contributed by atoms with Crippen LogP contribution in [0, 0.1) is 5.92 Å². The molecule has 0 atom stereocenters. The monoisotopic (exact) mass is 318 g/mol. The molecule has 1 aromatic carbocycles. The number of amides is 1. The van der Waals surface area contributed by atoms with E-state index in [1.807, 2.05) is 37.3 Å². The molecule has 0 radical (unpaired) electrons. The van der Waals surface area contributed by atoms with Gasteiger partial charge in [0.1, 0.15) is 0 Å². The van der Waals surface area contributed by atoms with Crippen molar-refractivity contribution in [3.8, 4) is 0 Å². The van der Waals surface area contributed by atoms with Gasteiger partial charge >= 0.3 is 0 Å². The average molecular weight is 318 g/mol. The molecule has 1 amide bonds. The molecule has 3 N–H and O–H groups in total. The van der Waals surface area contributed by atoms with Crippen molar-refractivity contribution in [1.29, 1.82) is 0 Å². The van der Waals surface area contributed by atoms with Gasteiger partial charge in [-0.2, -0.15) is 0 Å². The van der Waals surface area contributed by atoms with E-state index in [0.29, 0.717) is 24.6 Å². The molecule has 0 aliphatic heterocycles. The summed E-state index contributed by atoms with van der Waals surface area (Å²) in [7, 11) is 0. The maximum absolute atomic E-state index is 11.9. The number of rotatable bonds is 9. The Labute approximate surface area is 140 Å². The topological polar surface area (TPSA) is 65.5 Å². The first kappa shape index (κ1) is 19.0. The third kappa shape index (κ3) is 8.86. The molecule has 0 unspecified atom stereocenters. The highest BCUT2D eigenvalue weighted by Crippen LogP contribution is 2.02. The third-order valence-electron chi connectivity index (χ3n) is 3.29. The second kappa shape index (κ2) is 11.5. The van der Waals surface area contributed by atoms with E-state index in [2.05, 4.69) is 34.8 Å². The Morgan fingerprint density at radius 2 is 1.78 bits per heavy atom. The number of carbonyl (C=O) groups is 1. The number of nitrogens with one attached hydrogen (secondary N) is 3. The van der Waals surface area contributed by atoms with E-state index < -0.39 is 0 Å². The van der Waals surface area contributed by atoms with Gasteiger partial charge in [-0.25, -0.2) is 0 Å². The van der Waals surface area contributed by atoms with Crippen LogP contribution in [0.25, 0.3) is 0 Å². The van der Waals surface area contributed by atoms with Crippen LogP contribution in [-0.4, -0.2) is 38.0 Å². The minimum absolute atomic E-state index is 0.0497. The van der Waals surface area contributed by atoms with E-state index in [1.165, 1.54) is 6.42 Å². The Balaban J connectivity index is 2.27. The Morgan fingerprint density at radius 1 is 1.09 bits per heavy atom. The molecule has 0 aliphatic carbocycles. The molecule has 5 heteroatoms. The molecule has 0 spiro atoms. The number of nitrogens with zero attached hydrogens (tertiary/aromatic N) is 1. The fourth-order valence-corrected chi connectivity index (χ4v) is 2.08. The van der Waals surface area contributed by atoms with Gasteiger partial charge in [-0.1, -0.05) is 32.0 Å². The van der Waals surface area contributed by atoms with Gasteiger partial charge < -0.3 is 16.0 Å². The zero-order chi connectivity index (χ0) is 16.9. The molecule has 0 bridgehead atoms. The van der Waals surface area contributed by atoms with Crippen molar-refractivity contribution in [2.45, 2.75) is 33.6 Å². The van der Waals surface area contributed by atoms with E-state index in [0.717, 1.165) is 25.5 Å². The van der Waals surface area contributed by atoms with Crippen LogP contribution >= 0.6 is 0 Å². The van der Waals surface area contributed by atoms with Crippen LogP contribution < -0.4 is 16.0 Å². The molecule has 0 heterocycles. The lowest BCUT2D eigenvalue weighted by Gasteiger charge is -2.12. The summed E-state index contributed by atoms with van der Waals surface area (Å²) in [6, 6.07) is 9.24. The average Bonchev–Trinajstić information content (AvgIpc) is 2.55. The van der Waals surface area contributed by atoms with Crippen LogP contribution in [0.1, 0.15) is 44.0 Å². The molecule has 0 aromatic heterocycles. The second-order valence-corrected chi connectivity index (χ2v) is 5.85. The van der Waals surface area contributed by atoms with Crippen LogP contribution in [0.5, 0.6) is 0 Å². The number of hydrogen-bond donors (Lipinski definition) is 3. The van der Waals surface area contributed by atoms with Crippen LogP contribution in [0.4, 0.5) is 0 Å². The van der Waals surface area contributed by atoms with Crippen LogP contribution in [0.15, 0.2) is 35.3 Å². The fraction of sp³-hybridized carbons (Fsp3) is 0.556. The second-order valence-electron chi connectivity index (χ2n) is 5.85. The van der Waals surface area contributed by atoms with Crippen LogP contribution in [0.3, 0.4) is 0 Å². The van der Waals surface area contributed by atoms with E-state index in [4.69, 9.17) is 0 Å². The lowest BCUT2D eigenvalue weighted by atomic mass is 10.1. The highest BCUT2D eigenvalue weighted by Gasteiger charge is 2.03. The van der Waals surface area contributed by atoms with Gasteiger partial charge in [-0.05, 0) is 37.8 Å². The van der Waals surface area contributed by atoms with E-state index in [1.54, 1.807) is 0 Å². The molecule has 0 saturated carbocycles. The Morgan fingerprint density at radius 3 is 2.43 bits per heavy atom. The summed E-state index contributed by atoms with van der Waals surface area (Å²) in [6.07, 6.45) is 2.29. The first-order valence-corrected chi connectivity index (χ1v) is 8.49. The standard InChI is InChI=1S/C18H30N4O/c1-4-19-18(21-12-8-9-15(2)3)22-14-13-20-17(23)16-10-6-5-7-11-16/h5-7,10-11,15H,4,8-9,12-14H2,1-3H3,(H,20,23)(H2,19,21,22). The highest BCUT2D eigenvalue weighted by atomic mass is 16.1. The van der Waals surface area contributed by atoms with E-state index in [-0.39, 0.29) is 5.91 Å². The molecule has 0 saturated heterocycles. The molecule has 128 valence electrons. The number of benzene rings is 1. The summed E-state index contributed by atoms with van der Waals surface area (Å²) in [5.41, 5.74) is 0.682. The first-order valence-electron chi connectivity index (χ1n) is 8.49. The maximum atomic E-state index is 11.9. The van der Waals surface area contributed by atoms with Crippen molar-refractivity contribution in [3.63, 3.8) is 0 Å². The Kier molecular flexibility index (Phi) is 9.52. The van der Waals surface area contributed by atoms with Gasteiger partial charge in [-0.15, -0.1) is 0 Å². The summed E-state index contributed by atoms with van der Waals surface area (Å²) in [5, 5.41) is 9.35. The van der Waals surface area contributed by atoms with Crippen molar-refractivity contribution >= 4 is 11.9 Å². The van der Waals surface area contributed by atoms with Crippen LogP contribution in [-0.2, 0) is 0 Å². The quantitative estimate of drug-likeness (QED) is 0.372. The summed E-state index contributed by atoms with van der Waals surface area (Å²) in [4.78, 5) is 16.4. The molecule has 1 rings (SSSR count). The number of carbonyl (C=O) groups excluding carboxylic acids is 1. The minimum Gasteiger partial charge on any atom is -0.357 e. The summed E-state index contributed by atoms with van der Waals surface area (Å²) < 4.78 is 0. The SMILES string of the molecule is CCNC(=NCCCC(C)C)NCCNC(=O)c1ccccc1. The first-order chi connectivity index (χ1) is 11.1. The molecule has 0 fully saturated rings. The van der Waals surface area contributed by atoms with Gasteiger partial charge in [-0.3, -0.25) is 9.79 Å². The summed E-state index contributed by atoms with van der Waals surface area (Å²) >= 11 is 0. The van der Waals surface area contributed by atoms with Gasteiger partial charge in [0.25, 0.3) is 5.91 Å². The number of aliphatic imine (C=N–C) groups is 1. The zero-order valence-corrected chi connectivity index (χ0v) is 14.6. The lowest BCUT2D eigenvalue weighted by Crippen LogP contribution is -2.41. The zero-order valence-electron chi connectivity index (χ0n) is 14.6. The smallest absolute Gasteiger partial charge is 0.251 e. The number of guanidine groups is 1. The van der Waals surface area contributed by atoms with Gasteiger partial charge in [0, 0.05) is 31.7 Å². The summed E-state index contributed by atoms with van der Waals surface area (Å²) in [6.45, 7) is 9.35. The van der Waals surface area contributed by atoms with Gasteiger partial charge in [0.2, 0.25) is 0 Å². The Bertz CT molecular complexity index is 471. The fourth-order valence-electron chi connectivity index (χ4n) is 2.08. The Hall–Kier alpha value is -2.04. The molecular formula is C18H30N4O. The summed E-state index contributed by atoms with van der Waals surface area (Å²) in [5.74, 6) is 1.48. The van der Waals surface area contributed by atoms with E-state index >= 15 is 0 Å². The van der Waals surface area contributed by atoms with Crippen molar-refractivity contribution in [1.82, 2.24) is 16.0 Å². The van der Waals surface area contributed by atoms with Crippen molar-refractivity contribution in [3.05, 3.63) is 35.9 Å². The molecule has 0 aliphatic rings.